The molecule has 36 heavy (non-hydrogen) atoms. The normalized spacial score (nSPS) is 20.7. The summed E-state index contributed by atoms with van der Waals surface area (Å²) in [6.45, 7) is 5.97. The molecule has 2 aliphatic rings. The highest BCUT2D eigenvalue weighted by molar-refractivity contribution is 7.22. The number of aliphatic hydroxyl groups is 1. The molecule has 1 fully saturated rings. The number of aryl methyl sites for hydroxylation is 2. The topological polar surface area (TPSA) is 92.6 Å². The van der Waals surface area contributed by atoms with Crippen LogP contribution in [0, 0.1) is 13.8 Å². The first-order valence-corrected chi connectivity index (χ1v) is 12.5. The van der Waals surface area contributed by atoms with E-state index in [-0.39, 0.29) is 17.4 Å². The van der Waals surface area contributed by atoms with E-state index in [1.165, 1.54) is 16.2 Å². The smallest absolute Gasteiger partial charge is 0.301 e. The molecular weight excluding hydrogens is 474 g/mol. The monoisotopic (exact) mass is 497 g/mol. The summed E-state index contributed by atoms with van der Waals surface area (Å²) in [4.78, 5) is 37.2. The standard InChI is InChI=1S/C28H23N3O4S/c1-14-9-15(2)23-21(10-14)36-28(30-23)31-24(18-5-4-8-29-13-18)22(26(33)27(31)34)25(32)17-6-7-20-19(12-17)11-16(3)35-20/h4-10,12-13,16,24,32H,11H2,1-3H3/t16-,24-/m0/s1. The summed E-state index contributed by atoms with van der Waals surface area (Å²) in [5, 5.41) is 11.8. The highest BCUT2D eigenvalue weighted by Gasteiger charge is 2.48. The van der Waals surface area contributed by atoms with Crippen molar-refractivity contribution in [1.29, 1.82) is 0 Å². The molecule has 2 atom stereocenters. The molecule has 4 aromatic rings. The quantitative estimate of drug-likeness (QED) is 0.236. The molecule has 2 aromatic carbocycles. The van der Waals surface area contributed by atoms with Crippen LogP contribution in [-0.4, -0.2) is 32.9 Å². The minimum absolute atomic E-state index is 0.0204. The number of hydrogen-bond acceptors (Lipinski definition) is 7. The summed E-state index contributed by atoms with van der Waals surface area (Å²) in [7, 11) is 0. The Morgan fingerprint density at radius 1 is 1.17 bits per heavy atom. The molecule has 0 spiro atoms. The second-order valence-electron chi connectivity index (χ2n) is 9.34. The van der Waals surface area contributed by atoms with Crippen LogP contribution in [0.4, 0.5) is 5.13 Å². The summed E-state index contributed by atoms with van der Waals surface area (Å²) in [5.41, 5.74) is 4.94. The summed E-state index contributed by atoms with van der Waals surface area (Å²) >= 11 is 1.35. The van der Waals surface area contributed by atoms with Crippen LogP contribution in [0.1, 0.15) is 40.8 Å². The first-order valence-electron chi connectivity index (χ1n) is 11.7. The van der Waals surface area contributed by atoms with Gasteiger partial charge < -0.3 is 9.84 Å². The largest absolute Gasteiger partial charge is 0.507 e. The van der Waals surface area contributed by atoms with E-state index in [4.69, 9.17) is 9.72 Å². The lowest BCUT2D eigenvalue weighted by atomic mass is 9.95. The van der Waals surface area contributed by atoms with E-state index in [1.54, 1.807) is 36.7 Å². The van der Waals surface area contributed by atoms with Crippen molar-refractivity contribution < 1.29 is 19.4 Å². The van der Waals surface area contributed by atoms with Crippen molar-refractivity contribution in [2.75, 3.05) is 4.90 Å². The maximum atomic E-state index is 13.5. The molecule has 8 heteroatoms. The number of aromatic nitrogens is 2. The highest BCUT2D eigenvalue weighted by atomic mass is 32.1. The Morgan fingerprint density at radius 2 is 2.00 bits per heavy atom. The number of Topliss-reactive ketones (excluding diaryl/α,β-unsaturated/α-hetero) is 1. The predicted molar refractivity (Wildman–Crippen MR) is 138 cm³/mol. The van der Waals surface area contributed by atoms with Crippen molar-refractivity contribution in [1.82, 2.24) is 9.97 Å². The lowest BCUT2D eigenvalue weighted by Gasteiger charge is -2.22. The van der Waals surface area contributed by atoms with Gasteiger partial charge in [0.05, 0.1) is 21.8 Å². The molecule has 0 aliphatic carbocycles. The molecule has 180 valence electrons. The lowest BCUT2D eigenvalue weighted by molar-refractivity contribution is -0.132. The van der Waals surface area contributed by atoms with Crippen LogP contribution in [0.5, 0.6) is 5.75 Å². The maximum Gasteiger partial charge on any atom is 0.301 e. The number of carbonyl (C=O) groups excluding carboxylic acids is 2. The molecule has 0 saturated carbocycles. The molecule has 2 aliphatic heterocycles. The Kier molecular flexibility index (Phi) is 5.15. The third-order valence-electron chi connectivity index (χ3n) is 6.64. The van der Waals surface area contributed by atoms with Gasteiger partial charge in [-0.25, -0.2) is 4.98 Å². The first-order chi connectivity index (χ1) is 17.3. The van der Waals surface area contributed by atoms with Crippen molar-refractivity contribution >= 4 is 44.1 Å². The third kappa shape index (κ3) is 3.48. The van der Waals surface area contributed by atoms with Gasteiger partial charge in [0.25, 0.3) is 5.78 Å². The van der Waals surface area contributed by atoms with Crippen LogP contribution in [0.3, 0.4) is 0 Å². The minimum Gasteiger partial charge on any atom is -0.507 e. The van der Waals surface area contributed by atoms with E-state index in [9.17, 15) is 14.7 Å². The van der Waals surface area contributed by atoms with Gasteiger partial charge in [0.1, 0.15) is 17.6 Å². The van der Waals surface area contributed by atoms with Gasteiger partial charge in [-0.1, -0.05) is 23.5 Å². The number of thiazole rings is 1. The molecule has 1 N–H and O–H groups in total. The van der Waals surface area contributed by atoms with Crippen molar-refractivity contribution in [3.05, 3.63) is 88.2 Å². The van der Waals surface area contributed by atoms with Gasteiger partial charge in [0.2, 0.25) is 0 Å². The summed E-state index contributed by atoms with van der Waals surface area (Å²) in [5.74, 6) is -0.931. The Balaban J connectivity index is 1.54. The van der Waals surface area contributed by atoms with Gasteiger partial charge in [-0.15, -0.1) is 0 Å². The number of hydrogen-bond donors (Lipinski definition) is 1. The van der Waals surface area contributed by atoms with Crippen molar-refractivity contribution in [3.8, 4) is 5.75 Å². The second-order valence-corrected chi connectivity index (χ2v) is 10.3. The first kappa shape index (κ1) is 22.4. The number of pyridine rings is 1. The van der Waals surface area contributed by atoms with E-state index in [2.05, 4.69) is 4.98 Å². The Morgan fingerprint density at radius 3 is 2.78 bits per heavy atom. The molecule has 6 rings (SSSR count). The van der Waals surface area contributed by atoms with Crippen molar-refractivity contribution in [2.24, 2.45) is 0 Å². The minimum atomic E-state index is -0.857. The SMILES string of the molecule is Cc1cc(C)c2nc(N3C(=O)C(=O)C(=C(O)c4ccc5c(c4)C[C@H](C)O5)[C@@H]3c3cccnc3)sc2c1. The molecule has 0 bridgehead atoms. The number of rotatable bonds is 3. The van der Waals surface area contributed by atoms with Gasteiger partial charge >= 0.3 is 5.91 Å². The molecule has 4 heterocycles. The Bertz CT molecular complexity index is 1590. The van der Waals surface area contributed by atoms with Gasteiger partial charge in [-0.3, -0.25) is 19.5 Å². The fourth-order valence-electron chi connectivity index (χ4n) is 5.07. The Labute approximate surface area is 211 Å². The van der Waals surface area contributed by atoms with E-state index >= 15 is 0 Å². The van der Waals surface area contributed by atoms with Gasteiger partial charge in [-0.2, -0.15) is 0 Å². The number of nitrogens with zero attached hydrogens (tertiary/aromatic N) is 3. The van der Waals surface area contributed by atoms with Gasteiger partial charge in [0, 0.05) is 24.4 Å². The van der Waals surface area contributed by atoms with E-state index < -0.39 is 17.7 Å². The van der Waals surface area contributed by atoms with Crippen molar-refractivity contribution in [2.45, 2.75) is 39.3 Å². The third-order valence-corrected chi connectivity index (χ3v) is 7.64. The molecule has 2 aromatic heterocycles. The van der Waals surface area contributed by atoms with Gasteiger partial charge in [0.15, 0.2) is 5.13 Å². The number of aliphatic hydroxyl groups excluding tert-OH is 1. The van der Waals surface area contributed by atoms with Crippen molar-refractivity contribution in [3.63, 3.8) is 0 Å². The number of ether oxygens (including phenoxy) is 1. The molecular formula is C28H23N3O4S. The molecule has 0 unspecified atom stereocenters. The van der Waals surface area contributed by atoms with E-state index in [1.807, 2.05) is 39.0 Å². The Hall–Kier alpha value is -4.04. The average molecular weight is 498 g/mol. The number of anilines is 1. The molecule has 7 nitrogen and oxygen atoms in total. The molecule has 1 amide bonds. The maximum absolute atomic E-state index is 13.5. The molecule has 1 saturated heterocycles. The van der Waals surface area contributed by atoms with E-state index in [0.717, 1.165) is 32.7 Å². The second kappa shape index (κ2) is 8.27. The van der Waals surface area contributed by atoms with Crippen LogP contribution in [0.2, 0.25) is 0 Å². The predicted octanol–water partition coefficient (Wildman–Crippen LogP) is 5.26. The number of carbonyl (C=O) groups is 2. The number of ketones is 1. The number of amides is 1. The summed E-state index contributed by atoms with van der Waals surface area (Å²) < 4.78 is 6.71. The number of fused-ring (bicyclic) bond motifs is 2. The number of benzene rings is 2. The van der Waals surface area contributed by atoms with Crippen LogP contribution >= 0.6 is 11.3 Å². The average Bonchev–Trinajstić information content (AvgIpc) is 3.52. The fourth-order valence-corrected chi connectivity index (χ4v) is 6.24. The zero-order valence-electron chi connectivity index (χ0n) is 20.0. The van der Waals surface area contributed by atoms with Crippen LogP contribution in [-0.2, 0) is 16.0 Å². The van der Waals surface area contributed by atoms with Crippen LogP contribution in [0.25, 0.3) is 16.0 Å². The van der Waals surface area contributed by atoms with Crippen LogP contribution in [0.15, 0.2) is 60.4 Å². The summed E-state index contributed by atoms with van der Waals surface area (Å²) in [6, 6.07) is 12.1. The van der Waals surface area contributed by atoms with E-state index in [0.29, 0.717) is 22.7 Å². The molecule has 0 radical (unpaired) electrons. The van der Waals surface area contributed by atoms with Crippen LogP contribution < -0.4 is 9.64 Å². The summed E-state index contributed by atoms with van der Waals surface area (Å²) in [6.07, 6.45) is 3.99. The van der Waals surface area contributed by atoms with Gasteiger partial charge in [-0.05, 0) is 73.4 Å². The fraction of sp³-hybridized carbons (Fsp3) is 0.214. The zero-order chi connectivity index (χ0) is 25.1. The highest BCUT2D eigenvalue weighted by Crippen LogP contribution is 2.45. The lowest BCUT2D eigenvalue weighted by Crippen LogP contribution is -2.29. The zero-order valence-corrected chi connectivity index (χ0v) is 20.8.